The van der Waals surface area contributed by atoms with Gasteiger partial charge in [0.2, 0.25) is 5.95 Å². The minimum Gasteiger partial charge on any atom is -0.294 e. The van der Waals surface area contributed by atoms with E-state index in [1.54, 1.807) is 19.0 Å². The maximum Gasteiger partial charge on any atom is 0.332 e. The van der Waals surface area contributed by atoms with Crippen molar-refractivity contribution in [2.75, 3.05) is 11.6 Å². The SMILES string of the molecule is C/C=C/CN1N=C(C)[C@H](C)n2c1nc1c2c(=O)n(CC)c(=O)n1C. The van der Waals surface area contributed by atoms with E-state index >= 15 is 0 Å². The molecule has 0 radical (unpaired) electrons. The van der Waals surface area contributed by atoms with Crippen molar-refractivity contribution in [3.05, 3.63) is 33.0 Å². The van der Waals surface area contributed by atoms with Crippen LogP contribution in [0.1, 0.15) is 33.7 Å². The monoisotopic (exact) mass is 330 g/mol. The van der Waals surface area contributed by atoms with Crippen LogP contribution >= 0.6 is 0 Å². The quantitative estimate of drug-likeness (QED) is 0.794. The molecule has 1 aliphatic heterocycles. The Hall–Kier alpha value is -2.64. The predicted octanol–water partition coefficient (Wildman–Crippen LogP) is 1.25. The number of nitrogens with zero attached hydrogens (tertiary/aromatic N) is 6. The standard InChI is InChI=1S/C16H22N6O2/c1-6-8-9-21-15-17-13-12(22(15)11(4)10(3)18-21)14(23)20(7-2)16(24)19(13)5/h6,8,11H,7,9H2,1-5H3/b8-6+/t11-/m0/s1. The van der Waals surface area contributed by atoms with Gasteiger partial charge in [-0.25, -0.2) is 9.80 Å². The first-order valence-corrected chi connectivity index (χ1v) is 8.07. The number of aryl methyl sites for hydroxylation is 1. The molecule has 0 fully saturated rings. The van der Waals surface area contributed by atoms with E-state index in [0.29, 0.717) is 30.2 Å². The minimum absolute atomic E-state index is 0.0950. The van der Waals surface area contributed by atoms with Gasteiger partial charge in [-0.2, -0.15) is 10.1 Å². The van der Waals surface area contributed by atoms with Gasteiger partial charge in [0, 0.05) is 13.6 Å². The fourth-order valence-corrected chi connectivity index (χ4v) is 2.99. The van der Waals surface area contributed by atoms with Gasteiger partial charge in [-0.3, -0.25) is 18.5 Å². The molecule has 1 aliphatic rings. The highest BCUT2D eigenvalue weighted by molar-refractivity contribution is 5.91. The van der Waals surface area contributed by atoms with Gasteiger partial charge in [-0.05, 0) is 27.7 Å². The smallest absolute Gasteiger partial charge is 0.294 e. The Morgan fingerprint density at radius 3 is 2.62 bits per heavy atom. The number of hydrogen-bond donors (Lipinski definition) is 0. The average Bonchev–Trinajstić information content (AvgIpc) is 2.96. The minimum atomic E-state index is -0.351. The third-order valence-electron chi connectivity index (χ3n) is 4.49. The molecule has 24 heavy (non-hydrogen) atoms. The Bertz CT molecular complexity index is 975. The van der Waals surface area contributed by atoms with Crippen molar-refractivity contribution < 1.29 is 0 Å². The number of allylic oxidation sites excluding steroid dienone is 1. The molecule has 0 saturated carbocycles. The van der Waals surface area contributed by atoms with Crippen molar-refractivity contribution in [2.24, 2.45) is 12.1 Å². The molecule has 1 atom stereocenters. The summed E-state index contributed by atoms with van der Waals surface area (Å²) < 4.78 is 4.55. The van der Waals surface area contributed by atoms with Crippen LogP contribution in [0.25, 0.3) is 11.2 Å². The number of hydrogen-bond acceptors (Lipinski definition) is 5. The highest BCUT2D eigenvalue weighted by atomic mass is 16.2. The third kappa shape index (κ3) is 2.13. The molecule has 0 N–H and O–H groups in total. The molecule has 0 aromatic carbocycles. The lowest BCUT2D eigenvalue weighted by Crippen LogP contribution is -2.40. The third-order valence-corrected chi connectivity index (χ3v) is 4.49. The van der Waals surface area contributed by atoms with E-state index in [0.717, 1.165) is 5.71 Å². The molecule has 2 aromatic heterocycles. The molecule has 128 valence electrons. The van der Waals surface area contributed by atoms with E-state index in [1.807, 2.05) is 37.5 Å². The van der Waals surface area contributed by atoms with E-state index in [-0.39, 0.29) is 17.3 Å². The summed E-state index contributed by atoms with van der Waals surface area (Å²) in [6, 6.07) is -0.0950. The van der Waals surface area contributed by atoms with Gasteiger partial charge >= 0.3 is 5.69 Å². The molecule has 3 heterocycles. The summed E-state index contributed by atoms with van der Waals surface area (Å²) >= 11 is 0. The average molecular weight is 330 g/mol. The van der Waals surface area contributed by atoms with E-state index in [9.17, 15) is 9.59 Å². The molecule has 0 bridgehead atoms. The molecule has 8 nitrogen and oxygen atoms in total. The van der Waals surface area contributed by atoms with Crippen LogP contribution in [0, 0.1) is 0 Å². The van der Waals surface area contributed by atoms with E-state index in [2.05, 4.69) is 10.1 Å². The van der Waals surface area contributed by atoms with Crippen molar-refractivity contribution >= 4 is 22.8 Å². The van der Waals surface area contributed by atoms with Crippen LogP contribution in [0.4, 0.5) is 5.95 Å². The van der Waals surface area contributed by atoms with E-state index < -0.39 is 0 Å². The van der Waals surface area contributed by atoms with Crippen LogP contribution in [-0.4, -0.2) is 30.9 Å². The topological polar surface area (TPSA) is 77.4 Å². The zero-order chi connectivity index (χ0) is 17.6. The number of rotatable bonds is 3. The second kappa shape index (κ2) is 5.77. The van der Waals surface area contributed by atoms with Crippen molar-refractivity contribution in [3.8, 4) is 0 Å². The highest BCUT2D eigenvalue weighted by Crippen LogP contribution is 2.29. The van der Waals surface area contributed by atoms with Gasteiger partial charge in [0.25, 0.3) is 5.56 Å². The molecular weight excluding hydrogens is 308 g/mol. The lowest BCUT2D eigenvalue weighted by Gasteiger charge is -2.28. The molecule has 8 heteroatoms. The van der Waals surface area contributed by atoms with Gasteiger partial charge in [0.05, 0.1) is 18.3 Å². The molecule has 2 aromatic rings. The first kappa shape index (κ1) is 16.2. The van der Waals surface area contributed by atoms with E-state index in [4.69, 9.17) is 0 Å². The Balaban J connectivity index is 2.40. The molecule has 0 spiro atoms. The Kier molecular flexibility index (Phi) is 3.90. The fraction of sp³-hybridized carbons (Fsp3) is 0.500. The van der Waals surface area contributed by atoms with Crippen molar-refractivity contribution in [1.29, 1.82) is 0 Å². The molecular formula is C16H22N6O2. The van der Waals surface area contributed by atoms with Gasteiger partial charge in [-0.1, -0.05) is 12.2 Å². The molecule has 0 unspecified atom stereocenters. The van der Waals surface area contributed by atoms with Crippen molar-refractivity contribution in [3.63, 3.8) is 0 Å². The number of fused-ring (bicyclic) bond motifs is 3. The number of hydrazone groups is 1. The fourth-order valence-electron chi connectivity index (χ4n) is 2.99. The lowest BCUT2D eigenvalue weighted by atomic mass is 10.2. The van der Waals surface area contributed by atoms with Crippen LogP contribution in [-0.2, 0) is 13.6 Å². The molecule has 0 aliphatic carbocycles. The number of anilines is 1. The summed E-state index contributed by atoms with van der Waals surface area (Å²) in [5.74, 6) is 0.585. The first-order chi connectivity index (χ1) is 11.4. The Morgan fingerprint density at radius 2 is 2.00 bits per heavy atom. The maximum absolute atomic E-state index is 12.9. The number of aromatic nitrogens is 4. The van der Waals surface area contributed by atoms with Crippen molar-refractivity contribution in [2.45, 2.75) is 40.3 Å². The summed E-state index contributed by atoms with van der Waals surface area (Å²) in [5.41, 5.74) is 1.08. The largest absolute Gasteiger partial charge is 0.332 e. The first-order valence-electron chi connectivity index (χ1n) is 8.07. The Labute approximate surface area is 139 Å². The number of imidazole rings is 1. The van der Waals surface area contributed by atoms with Gasteiger partial charge in [0.1, 0.15) is 0 Å². The summed E-state index contributed by atoms with van der Waals surface area (Å²) in [6.45, 7) is 8.53. The van der Waals surface area contributed by atoms with Gasteiger partial charge in [-0.15, -0.1) is 0 Å². The Morgan fingerprint density at radius 1 is 1.29 bits per heavy atom. The molecule has 0 saturated heterocycles. The zero-order valence-electron chi connectivity index (χ0n) is 14.6. The van der Waals surface area contributed by atoms with Crippen LogP contribution < -0.4 is 16.3 Å². The maximum atomic E-state index is 12.9. The van der Waals surface area contributed by atoms with Crippen molar-refractivity contribution in [1.82, 2.24) is 18.7 Å². The van der Waals surface area contributed by atoms with Crippen LogP contribution in [0.15, 0.2) is 26.8 Å². The summed E-state index contributed by atoms with van der Waals surface area (Å²) in [6.07, 6.45) is 3.91. The van der Waals surface area contributed by atoms with Crippen LogP contribution in [0.5, 0.6) is 0 Å². The highest BCUT2D eigenvalue weighted by Gasteiger charge is 2.29. The molecule has 3 rings (SSSR count). The molecule has 0 amide bonds. The van der Waals surface area contributed by atoms with Crippen LogP contribution in [0.3, 0.4) is 0 Å². The normalized spacial score (nSPS) is 17.6. The second-order valence-electron chi connectivity index (χ2n) is 5.91. The van der Waals surface area contributed by atoms with Crippen LogP contribution in [0.2, 0.25) is 0 Å². The second-order valence-corrected chi connectivity index (χ2v) is 5.91. The van der Waals surface area contributed by atoms with Gasteiger partial charge in [0.15, 0.2) is 11.2 Å². The van der Waals surface area contributed by atoms with E-state index in [1.165, 1.54) is 9.13 Å². The lowest BCUT2D eigenvalue weighted by molar-refractivity contribution is 0.623. The summed E-state index contributed by atoms with van der Waals surface area (Å²) in [7, 11) is 1.64. The summed E-state index contributed by atoms with van der Waals surface area (Å²) in [5, 5.41) is 6.34. The van der Waals surface area contributed by atoms with Gasteiger partial charge < -0.3 is 0 Å². The predicted molar refractivity (Wildman–Crippen MR) is 94.9 cm³/mol. The summed E-state index contributed by atoms with van der Waals surface area (Å²) in [4.78, 5) is 29.8. The zero-order valence-corrected chi connectivity index (χ0v) is 14.6.